The lowest BCUT2D eigenvalue weighted by molar-refractivity contribution is -0.117. The maximum absolute atomic E-state index is 13.6. The van der Waals surface area contributed by atoms with Gasteiger partial charge in [-0.05, 0) is 66.1 Å². The number of likely N-dealkylation sites (N-methyl/N-ethyl adjacent to an activating group) is 1. The van der Waals surface area contributed by atoms with Crippen molar-refractivity contribution >= 4 is 23.2 Å². The van der Waals surface area contributed by atoms with Gasteiger partial charge in [0, 0.05) is 42.4 Å². The van der Waals surface area contributed by atoms with Gasteiger partial charge >= 0.3 is 0 Å². The average molecular weight is 450 g/mol. The van der Waals surface area contributed by atoms with Gasteiger partial charge in [0.05, 0.1) is 13.0 Å². The Bertz CT molecular complexity index is 1350. The van der Waals surface area contributed by atoms with Crippen molar-refractivity contribution in [2.75, 3.05) is 16.8 Å². The number of aromatic nitrogens is 1. The van der Waals surface area contributed by atoms with Crippen molar-refractivity contribution in [3.63, 3.8) is 0 Å². The molecule has 0 bridgehead atoms. The number of hydrogen-bond donors (Lipinski definition) is 0. The number of anilines is 2. The summed E-state index contributed by atoms with van der Waals surface area (Å²) in [5, 5.41) is 0. The lowest BCUT2D eigenvalue weighted by Gasteiger charge is -2.23. The summed E-state index contributed by atoms with van der Waals surface area (Å²) < 4.78 is 2.18. The molecule has 0 radical (unpaired) electrons. The van der Waals surface area contributed by atoms with Crippen LogP contribution in [0.1, 0.15) is 32.7 Å². The number of aryl methyl sites for hydroxylation is 1. The Morgan fingerprint density at radius 2 is 1.59 bits per heavy atom. The highest BCUT2D eigenvalue weighted by atomic mass is 16.2. The fourth-order valence-electron chi connectivity index (χ4n) is 4.48. The molecule has 4 aromatic rings. The molecule has 0 saturated carbocycles. The first-order valence-corrected chi connectivity index (χ1v) is 11.5. The first-order chi connectivity index (χ1) is 16.5. The highest BCUT2D eigenvalue weighted by molar-refractivity contribution is 6.07. The van der Waals surface area contributed by atoms with E-state index in [4.69, 9.17) is 0 Å². The molecule has 5 nitrogen and oxygen atoms in total. The van der Waals surface area contributed by atoms with E-state index in [0.29, 0.717) is 18.5 Å². The van der Waals surface area contributed by atoms with Gasteiger partial charge < -0.3 is 14.4 Å². The molecule has 0 N–H and O–H groups in total. The van der Waals surface area contributed by atoms with Crippen molar-refractivity contribution < 1.29 is 9.59 Å². The normalized spacial score (nSPS) is 12.5. The fourth-order valence-corrected chi connectivity index (χ4v) is 4.48. The minimum atomic E-state index is -0.0532. The maximum atomic E-state index is 13.6. The smallest absolute Gasteiger partial charge is 0.258 e. The highest BCUT2D eigenvalue weighted by Crippen LogP contribution is 2.29. The van der Waals surface area contributed by atoms with Crippen molar-refractivity contribution in [1.29, 1.82) is 0 Å². The summed E-state index contributed by atoms with van der Waals surface area (Å²) in [6, 6.07) is 27.4. The summed E-state index contributed by atoms with van der Waals surface area (Å²) in [4.78, 5) is 29.9. The molecule has 2 amide bonds. The number of hydrogen-bond acceptors (Lipinski definition) is 2. The number of carbonyl (C=O) groups is 2. The van der Waals surface area contributed by atoms with Gasteiger partial charge in [0.25, 0.3) is 5.91 Å². The van der Waals surface area contributed by atoms with E-state index in [1.807, 2.05) is 84.6 Å². The number of amides is 2. The zero-order valence-corrected chi connectivity index (χ0v) is 19.4. The summed E-state index contributed by atoms with van der Waals surface area (Å²) in [6.45, 7) is 3.27. The van der Waals surface area contributed by atoms with E-state index >= 15 is 0 Å². The second-order valence-corrected chi connectivity index (χ2v) is 8.75. The number of nitrogens with zero attached hydrogens (tertiary/aromatic N) is 3. The second-order valence-electron chi connectivity index (χ2n) is 8.75. The molecule has 5 heteroatoms. The average Bonchev–Trinajstić information content (AvgIpc) is 3.23. The third-order valence-electron chi connectivity index (χ3n) is 6.59. The van der Waals surface area contributed by atoms with Crippen LogP contribution in [-0.2, 0) is 24.3 Å². The topological polar surface area (TPSA) is 45.6 Å². The van der Waals surface area contributed by atoms with Crippen molar-refractivity contribution in [3.05, 3.63) is 119 Å². The minimum Gasteiger partial charge on any atom is -0.345 e. The molecule has 0 spiro atoms. The van der Waals surface area contributed by atoms with Gasteiger partial charge in [-0.15, -0.1) is 0 Å². The molecule has 3 aromatic carbocycles. The van der Waals surface area contributed by atoms with Crippen LogP contribution in [0.15, 0.2) is 91.1 Å². The molecule has 1 aliphatic rings. The Labute approximate surface area is 199 Å². The van der Waals surface area contributed by atoms with E-state index in [1.54, 1.807) is 11.9 Å². The highest BCUT2D eigenvalue weighted by Gasteiger charge is 2.25. The number of carbonyl (C=O) groups excluding carboxylic acids is 2. The third-order valence-corrected chi connectivity index (χ3v) is 6.59. The zero-order valence-electron chi connectivity index (χ0n) is 19.4. The van der Waals surface area contributed by atoms with Gasteiger partial charge in [0.1, 0.15) is 0 Å². The predicted molar refractivity (Wildman–Crippen MR) is 135 cm³/mol. The molecule has 0 saturated heterocycles. The van der Waals surface area contributed by atoms with E-state index in [0.717, 1.165) is 40.3 Å². The van der Waals surface area contributed by atoms with Crippen molar-refractivity contribution in [1.82, 2.24) is 4.57 Å². The van der Waals surface area contributed by atoms with Crippen LogP contribution in [0.5, 0.6) is 0 Å². The number of fused-ring (bicyclic) bond motifs is 2. The molecule has 34 heavy (non-hydrogen) atoms. The molecule has 1 aromatic heterocycles. The number of benzene rings is 3. The lowest BCUT2D eigenvalue weighted by Crippen LogP contribution is -2.31. The van der Waals surface area contributed by atoms with E-state index in [9.17, 15) is 9.59 Å². The summed E-state index contributed by atoms with van der Waals surface area (Å²) in [5.74, 6) is -0.0434. The molecule has 5 rings (SSSR count). The van der Waals surface area contributed by atoms with Crippen LogP contribution < -0.4 is 9.80 Å². The Hall–Kier alpha value is -4.12. The van der Waals surface area contributed by atoms with Gasteiger partial charge in [0.2, 0.25) is 5.91 Å². The Balaban J connectivity index is 1.37. The lowest BCUT2D eigenvalue weighted by atomic mass is 10.1. The quantitative estimate of drug-likeness (QED) is 0.429. The van der Waals surface area contributed by atoms with Crippen molar-refractivity contribution in [3.8, 4) is 0 Å². The summed E-state index contributed by atoms with van der Waals surface area (Å²) >= 11 is 0. The maximum Gasteiger partial charge on any atom is 0.258 e. The third kappa shape index (κ3) is 4.13. The minimum absolute atomic E-state index is 0.00980. The van der Waals surface area contributed by atoms with Gasteiger partial charge in [-0.2, -0.15) is 0 Å². The zero-order chi connectivity index (χ0) is 23.7. The van der Waals surface area contributed by atoms with Crippen LogP contribution in [0, 0.1) is 6.92 Å². The molecule has 170 valence electrons. The van der Waals surface area contributed by atoms with Crippen LogP contribution in [0.3, 0.4) is 0 Å². The largest absolute Gasteiger partial charge is 0.345 e. The molecule has 0 aliphatic carbocycles. The second kappa shape index (κ2) is 9.02. The van der Waals surface area contributed by atoms with E-state index in [1.165, 1.54) is 0 Å². The van der Waals surface area contributed by atoms with Crippen LogP contribution in [0.4, 0.5) is 11.4 Å². The van der Waals surface area contributed by atoms with E-state index in [-0.39, 0.29) is 11.8 Å². The molecule has 1 aliphatic heterocycles. The van der Waals surface area contributed by atoms with Gasteiger partial charge in [-0.3, -0.25) is 9.59 Å². The van der Waals surface area contributed by atoms with Crippen LogP contribution in [-0.4, -0.2) is 23.4 Å². The molecule has 2 heterocycles. The molecule has 0 unspecified atom stereocenters. The first kappa shape index (κ1) is 21.7. The van der Waals surface area contributed by atoms with Crippen LogP contribution in [0.2, 0.25) is 0 Å². The summed E-state index contributed by atoms with van der Waals surface area (Å²) in [5.41, 5.74) is 6.64. The monoisotopic (exact) mass is 449 g/mol. The van der Waals surface area contributed by atoms with Crippen molar-refractivity contribution in [2.45, 2.75) is 26.4 Å². The van der Waals surface area contributed by atoms with Crippen molar-refractivity contribution in [2.24, 2.45) is 0 Å². The number of rotatable bonds is 4. The van der Waals surface area contributed by atoms with E-state index < -0.39 is 0 Å². The summed E-state index contributed by atoms with van der Waals surface area (Å²) in [6.07, 6.45) is 2.40. The van der Waals surface area contributed by atoms with E-state index in [2.05, 4.69) is 22.9 Å². The molecular weight excluding hydrogens is 422 g/mol. The van der Waals surface area contributed by atoms with Gasteiger partial charge in [-0.1, -0.05) is 42.5 Å². The summed E-state index contributed by atoms with van der Waals surface area (Å²) in [7, 11) is 1.77. The first-order valence-electron chi connectivity index (χ1n) is 11.5. The van der Waals surface area contributed by atoms with Gasteiger partial charge in [-0.25, -0.2) is 0 Å². The molecule has 0 fully saturated rings. The Morgan fingerprint density at radius 1 is 0.853 bits per heavy atom. The SMILES string of the molecule is Cc1ccccc1CC(=O)N(C)c1ccc(C(=O)N2Cc3cccn3Cc3ccccc32)cc1. The predicted octanol–water partition coefficient (Wildman–Crippen LogP) is 5.21. The molecular formula is C29H27N3O2. The van der Waals surface area contributed by atoms with Crippen LogP contribution >= 0.6 is 0 Å². The molecule has 0 atom stereocenters. The number of para-hydroxylation sites is 1. The fraction of sp³-hybridized carbons (Fsp3) is 0.172. The Morgan fingerprint density at radius 3 is 2.38 bits per heavy atom. The van der Waals surface area contributed by atoms with Gasteiger partial charge in [0.15, 0.2) is 0 Å². The standard InChI is InChI=1S/C29H27N3O2/c1-21-8-3-4-9-23(21)18-28(33)30(2)25-15-13-22(14-16-25)29(34)32-20-26-11-7-17-31(26)19-24-10-5-6-12-27(24)32/h3-17H,18-20H2,1-2H3. The van der Waals surface area contributed by atoms with Crippen LogP contribution in [0.25, 0.3) is 0 Å². The Kier molecular flexibility index (Phi) is 5.76.